The zero-order valence-electron chi connectivity index (χ0n) is 37.6. The van der Waals surface area contributed by atoms with Gasteiger partial charge in [-0.2, -0.15) is 0 Å². The average molecular weight is 838 g/mol. The number of aliphatic hydroxyl groups is 6. The Morgan fingerprint density at radius 3 is 1.47 bits per heavy atom. The summed E-state index contributed by atoms with van der Waals surface area (Å²) in [5.41, 5.74) is 0. The fraction of sp³-hybridized carbons (Fsp3) is 0.857. The summed E-state index contributed by atoms with van der Waals surface area (Å²) >= 11 is 0. The topological polar surface area (TPSA) is 169 Å². The van der Waals surface area contributed by atoms with Gasteiger partial charge in [0.15, 0.2) is 6.29 Å². The third-order valence-corrected chi connectivity index (χ3v) is 11.5. The molecule has 0 radical (unpaired) electrons. The van der Waals surface area contributed by atoms with E-state index in [1.165, 1.54) is 135 Å². The largest absolute Gasteiger partial charge is 0.394 e. The monoisotopic (exact) mass is 838 g/mol. The van der Waals surface area contributed by atoms with Gasteiger partial charge in [-0.3, -0.25) is 4.79 Å². The molecule has 1 aliphatic heterocycles. The zero-order valence-corrected chi connectivity index (χ0v) is 37.6. The first-order valence-corrected chi connectivity index (χ1v) is 24.3. The van der Waals surface area contributed by atoms with E-state index in [2.05, 4.69) is 43.5 Å². The van der Waals surface area contributed by atoms with Gasteiger partial charge < -0.3 is 45.4 Å². The van der Waals surface area contributed by atoms with Crippen LogP contribution in [0.1, 0.15) is 206 Å². The van der Waals surface area contributed by atoms with Gasteiger partial charge in [-0.05, 0) is 57.8 Å². The average Bonchev–Trinajstić information content (AvgIpc) is 3.23. The lowest BCUT2D eigenvalue weighted by molar-refractivity contribution is -0.302. The van der Waals surface area contributed by atoms with Crippen molar-refractivity contribution in [2.45, 2.75) is 255 Å². The fourth-order valence-corrected chi connectivity index (χ4v) is 7.53. The molecule has 10 heteroatoms. The predicted molar refractivity (Wildman–Crippen MR) is 241 cm³/mol. The van der Waals surface area contributed by atoms with Crippen molar-refractivity contribution in [2.75, 3.05) is 13.2 Å². The molecule has 1 aliphatic rings. The first-order valence-electron chi connectivity index (χ1n) is 24.3. The molecule has 0 aromatic rings. The van der Waals surface area contributed by atoms with Crippen LogP contribution in [0.4, 0.5) is 0 Å². The van der Waals surface area contributed by atoms with Crippen molar-refractivity contribution in [3.05, 3.63) is 36.5 Å². The van der Waals surface area contributed by atoms with Crippen molar-refractivity contribution in [1.29, 1.82) is 0 Å². The lowest BCUT2D eigenvalue weighted by Crippen LogP contribution is -2.60. The minimum atomic E-state index is -1.62. The predicted octanol–water partition coefficient (Wildman–Crippen LogP) is 9.42. The number of carbonyl (C=O) groups is 1. The smallest absolute Gasteiger partial charge is 0.249 e. The van der Waals surface area contributed by atoms with Crippen molar-refractivity contribution < 1.29 is 44.9 Å². The molecule has 0 bridgehead atoms. The second-order valence-electron chi connectivity index (χ2n) is 17.0. The lowest BCUT2D eigenvalue weighted by Gasteiger charge is -2.40. The molecule has 0 aromatic carbocycles. The maximum Gasteiger partial charge on any atom is 0.249 e. The molecule has 0 aliphatic carbocycles. The van der Waals surface area contributed by atoms with Gasteiger partial charge in [-0.25, -0.2) is 0 Å². The van der Waals surface area contributed by atoms with Gasteiger partial charge >= 0.3 is 0 Å². The second kappa shape index (κ2) is 39.2. The first-order chi connectivity index (χ1) is 28.8. The Morgan fingerprint density at radius 1 is 0.576 bits per heavy atom. The van der Waals surface area contributed by atoms with Crippen LogP contribution in [0.3, 0.4) is 0 Å². The summed E-state index contributed by atoms with van der Waals surface area (Å²) < 4.78 is 11.1. The molecule has 8 atom stereocenters. The van der Waals surface area contributed by atoms with Crippen LogP contribution in [0.5, 0.6) is 0 Å². The number of unbranched alkanes of at least 4 members (excludes halogenated alkanes) is 25. The fourth-order valence-electron chi connectivity index (χ4n) is 7.53. The van der Waals surface area contributed by atoms with Crippen molar-refractivity contribution in [2.24, 2.45) is 0 Å². The summed E-state index contributed by atoms with van der Waals surface area (Å²) in [6.45, 7) is 3.58. The lowest BCUT2D eigenvalue weighted by atomic mass is 9.99. The van der Waals surface area contributed by atoms with Crippen molar-refractivity contribution in [1.82, 2.24) is 5.32 Å². The standard InChI is InChI=1S/C49H91NO9/c1-3-5-7-9-11-13-15-17-18-19-20-21-22-23-24-26-28-30-32-34-36-38-43(53)48(57)50-41(40-58-49-47(56)46(55)45(54)44(39-51)59-49)42(52)37-35-33-31-29-27-25-16-14-12-10-8-6-4-2/h22-23,27,29,35,37,41-47,49,51-56H,3-21,24-26,28,30-34,36,38-40H2,1-2H3,(H,50,57)/b23-22-,29-27+,37-35+. The van der Waals surface area contributed by atoms with E-state index in [-0.39, 0.29) is 6.61 Å². The molecule has 0 aromatic heterocycles. The van der Waals surface area contributed by atoms with Crippen LogP contribution in [0, 0.1) is 0 Å². The molecule has 1 saturated heterocycles. The summed E-state index contributed by atoms with van der Waals surface area (Å²) in [5.74, 6) is -0.631. The van der Waals surface area contributed by atoms with E-state index in [4.69, 9.17) is 9.47 Å². The Labute approximate surface area is 360 Å². The molecule has 1 fully saturated rings. The minimum absolute atomic E-state index is 0.297. The molecule has 346 valence electrons. The molecule has 1 heterocycles. The summed E-state index contributed by atoms with van der Waals surface area (Å²) in [6, 6.07) is -0.998. The Morgan fingerprint density at radius 2 is 1.00 bits per heavy atom. The first kappa shape index (κ1) is 55.4. The number of nitrogens with one attached hydrogen (secondary N) is 1. The number of hydrogen-bond donors (Lipinski definition) is 7. The van der Waals surface area contributed by atoms with Gasteiger partial charge in [0.1, 0.15) is 30.5 Å². The van der Waals surface area contributed by atoms with Crippen LogP contribution >= 0.6 is 0 Å². The molecule has 1 amide bonds. The van der Waals surface area contributed by atoms with Gasteiger partial charge in [0, 0.05) is 0 Å². The molecular formula is C49H91NO9. The number of aliphatic hydroxyl groups excluding tert-OH is 6. The molecule has 7 N–H and O–H groups in total. The second-order valence-corrected chi connectivity index (χ2v) is 17.0. The van der Waals surface area contributed by atoms with E-state index >= 15 is 0 Å². The molecule has 8 unspecified atom stereocenters. The van der Waals surface area contributed by atoms with E-state index in [9.17, 15) is 35.4 Å². The van der Waals surface area contributed by atoms with Crippen molar-refractivity contribution in [3.8, 4) is 0 Å². The Bertz CT molecular complexity index is 1040. The molecule has 1 rings (SSSR count). The number of ether oxygens (including phenoxy) is 2. The molecular weight excluding hydrogens is 747 g/mol. The third kappa shape index (κ3) is 29.3. The third-order valence-electron chi connectivity index (χ3n) is 11.5. The highest BCUT2D eigenvalue weighted by atomic mass is 16.7. The number of amides is 1. The highest BCUT2D eigenvalue weighted by Gasteiger charge is 2.44. The van der Waals surface area contributed by atoms with Crippen LogP contribution < -0.4 is 5.32 Å². The van der Waals surface area contributed by atoms with Gasteiger partial charge in [0.25, 0.3) is 0 Å². The maximum atomic E-state index is 13.0. The van der Waals surface area contributed by atoms with Crippen LogP contribution in [-0.4, -0.2) is 98.7 Å². The summed E-state index contributed by atoms with van der Waals surface area (Å²) in [5, 5.41) is 64.6. The summed E-state index contributed by atoms with van der Waals surface area (Å²) in [4.78, 5) is 13.0. The Balaban J connectivity index is 2.37. The SMILES string of the molecule is CCCCCCCCC/C=C/CC/C=C/C(O)C(COC1OC(CO)C(O)C(O)C1O)NC(=O)C(O)CCCCCCCC/C=C\CCCCCCCCCCCCC. The molecule has 0 spiro atoms. The van der Waals surface area contributed by atoms with Gasteiger partial charge in [-0.1, -0.05) is 185 Å². The van der Waals surface area contributed by atoms with Crippen molar-refractivity contribution in [3.63, 3.8) is 0 Å². The van der Waals surface area contributed by atoms with E-state index in [1.807, 2.05) is 6.08 Å². The summed E-state index contributed by atoms with van der Waals surface area (Å²) in [7, 11) is 0. The molecule has 10 nitrogen and oxygen atoms in total. The number of carbonyl (C=O) groups excluding carboxylic acids is 1. The van der Waals surface area contributed by atoms with Crippen LogP contribution in [0.15, 0.2) is 36.5 Å². The van der Waals surface area contributed by atoms with Gasteiger partial charge in [0.2, 0.25) is 5.91 Å². The van der Waals surface area contributed by atoms with Gasteiger partial charge in [-0.15, -0.1) is 0 Å². The normalized spacial score (nSPS) is 21.5. The van der Waals surface area contributed by atoms with E-state index in [0.717, 1.165) is 38.5 Å². The number of hydrogen-bond acceptors (Lipinski definition) is 9. The number of allylic oxidation sites excluding steroid dienone is 5. The van der Waals surface area contributed by atoms with Crippen LogP contribution in [0.25, 0.3) is 0 Å². The minimum Gasteiger partial charge on any atom is -0.394 e. The quantitative estimate of drug-likeness (QED) is 0.0235. The highest BCUT2D eigenvalue weighted by molar-refractivity contribution is 5.80. The van der Waals surface area contributed by atoms with Gasteiger partial charge in [0.05, 0.1) is 25.4 Å². The van der Waals surface area contributed by atoms with E-state index in [1.54, 1.807) is 6.08 Å². The number of rotatable bonds is 40. The zero-order chi connectivity index (χ0) is 43.2. The van der Waals surface area contributed by atoms with Crippen LogP contribution in [0.2, 0.25) is 0 Å². The molecule has 0 saturated carbocycles. The maximum absolute atomic E-state index is 13.0. The van der Waals surface area contributed by atoms with Crippen molar-refractivity contribution >= 4 is 5.91 Å². The Hall–Kier alpha value is -1.63. The summed E-state index contributed by atoms with van der Waals surface area (Å²) in [6.07, 6.45) is 38.1. The van der Waals surface area contributed by atoms with E-state index < -0.39 is 61.5 Å². The Kier molecular flexibility index (Phi) is 36.8. The van der Waals surface area contributed by atoms with E-state index in [0.29, 0.717) is 19.3 Å². The highest BCUT2D eigenvalue weighted by Crippen LogP contribution is 2.23. The molecule has 59 heavy (non-hydrogen) atoms. The van der Waals surface area contributed by atoms with Crippen LogP contribution in [-0.2, 0) is 14.3 Å².